The van der Waals surface area contributed by atoms with Crippen molar-refractivity contribution >= 4 is 17.5 Å². The Bertz CT molecular complexity index is 445. The number of carbonyl (C=O) groups is 1. The fourth-order valence-corrected chi connectivity index (χ4v) is 2.58. The fraction of sp³-hybridized carbons (Fsp3) is 0.500. The van der Waals surface area contributed by atoms with Gasteiger partial charge in [-0.1, -0.05) is 17.7 Å². The van der Waals surface area contributed by atoms with Gasteiger partial charge in [-0.2, -0.15) is 0 Å². The molecule has 1 aromatic rings. The van der Waals surface area contributed by atoms with E-state index in [2.05, 4.69) is 16.7 Å². The SMILES string of the molecule is CC(C)NC(=O)CNC1CCc2cc(Cl)ccc21. The van der Waals surface area contributed by atoms with E-state index in [9.17, 15) is 4.79 Å². The first-order chi connectivity index (χ1) is 8.56. The van der Waals surface area contributed by atoms with Crippen molar-refractivity contribution < 1.29 is 4.79 Å². The van der Waals surface area contributed by atoms with Gasteiger partial charge in [0.1, 0.15) is 0 Å². The molecule has 0 fully saturated rings. The van der Waals surface area contributed by atoms with Crippen LogP contribution in [0.2, 0.25) is 5.02 Å². The first-order valence-electron chi connectivity index (χ1n) is 6.37. The van der Waals surface area contributed by atoms with Crippen LogP contribution in [0.3, 0.4) is 0 Å². The van der Waals surface area contributed by atoms with Gasteiger partial charge in [0.05, 0.1) is 6.54 Å². The molecular formula is C14H19ClN2O. The lowest BCUT2D eigenvalue weighted by Gasteiger charge is -2.15. The van der Waals surface area contributed by atoms with Gasteiger partial charge < -0.3 is 10.6 Å². The number of fused-ring (bicyclic) bond motifs is 1. The largest absolute Gasteiger partial charge is 0.353 e. The van der Waals surface area contributed by atoms with Crippen molar-refractivity contribution in [2.45, 2.75) is 38.8 Å². The van der Waals surface area contributed by atoms with E-state index in [1.54, 1.807) is 0 Å². The van der Waals surface area contributed by atoms with Crippen molar-refractivity contribution in [2.24, 2.45) is 0 Å². The molecule has 0 bridgehead atoms. The highest BCUT2D eigenvalue weighted by Crippen LogP contribution is 2.32. The number of amides is 1. The maximum Gasteiger partial charge on any atom is 0.234 e. The molecule has 0 spiro atoms. The number of benzene rings is 1. The molecule has 0 aliphatic heterocycles. The van der Waals surface area contributed by atoms with Crippen molar-refractivity contribution in [2.75, 3.05) is 6.54 Å². The van der Waals surface area contributed by atoms with E-state index in [1.165, 1.54) is 11.1 Å². The summed E-state index contributed by atoms with van der Waals surface area (Å²) in [6.45, 7) is 4.29. The summed E-state index contributed by atoms with van der Waals surface area (Å²) in [6.07, 6.45) is 2.06. The zero-order valence-corrected chi connectivity index (χ0v) is 11.6. The second-order valence-electron chi connectivity index (χ2n) is 5.04. The molecule has 0 saturated carbocycles. The molecule has 1 aliphatic carbocycles. The number of hydrogen-bond acceptors (Lipinski definition) is 2. The van der Waals surface area contributed by atoms with Gasteiger partial charge in [0.15, 0.2) is 0 Å². The standard InChI is InChI=1S/C14H19ClN2O/c1-9(2)17-14(18)8-16-13-6-3-10-7-11(15)4-5-12(10)13/h4-5,7,9,13,16H,3,6,8H2,1-2H3,(H,17,18). The van der Waals surface area contributed by atoms with E-state index in [0.717, 1.165) is 17.9 Å². The summed E-state index contributed by atoms with van der Waals surface area (Å²) >= 11 is 5.97. The van der Waals surface area contributed by atoms with Gasteiger partial charge in [0.2, 0.25) is 5.91 Å². The highest BCUT2D eigenvalue weighted by molar-refractivity contribution is 6.30. The van der Waals surface area contributed by atoms with E-state index < -0.39 is 0 Å². The van der Waals surface area contributed by atoms with Crippen molar-refractivity contribution in [3.63, 3.8) is 0 Å². The second-order valence-corrected chi connectivity index (χ2v) is 5.47. The van der Waals surface area contributed by atoms with E-state index in [-0.39, 0.29) is 18.0 Å². The molecule has 98 valence electrons. The highest BCUT2D eigenvalue weighted by Gasteiger charge is 2.22. The predicted molar refractivity (Wildman–Crippen MR) is 73.8 cm³/mol. The molecule has 0 radical (unpaired) electrons. The molecule has 2 rings (SSSR count). The Labute approximate surface area is 113 Å². The molecule has 3 nitrogen and oxygen atoms in total. The van der Waals surface area contributed by atoms with Gasteiger partial charge >= 0.3 is 0 Å². The number of carbonyl (C=O) groups excluding carboxylic acids is 1. The van der Waals surface area contributed by atoms with Gasteiger partial charge in [-0.05, 0) is 49.9 Å². The molecule has 2 N–H and O–H groups in total. The van der Waals surface area contributed by atoms with Crippen LogP contribution < -0.4 is 10.6 Å². The van der Waals surface area contributed by atoms with E-state index in [1.807, 2.05) is 26.0 Å². The Balaban J connectivity index is 1.92. The van der Waals surface area contributed by atoms with Gasteiger partial charge in [-0.3, -0.25) is 4.79 Å². The molecule has 1 unspecified atom stereocenters. The molecule has 1 atom stereocenters. The summed E-state index contributed by atoms with van der Waals surface area (Å²) in [4.78, 5) is 11.6. The molecule has 1 aromatic carbocycles. The zero-order chi connectivity index (χ0) is 13.1. The summed E-state index contributed by atoms with van der Waals surface area (Å²) in [5.41, 5.74) is 2.57. The number of nitrogens with one attached hydrogen (secondary N) is 2. The normalized spacial score (nSPS) is 17.9. The number of halogens is 1. The Hall–Kier alpha value is -1.06. The molecule has 0 aromatic heterocycles. The van der Waals surface area contributed by atoms with Crippen LogP contribution in [0.15, 0.2) is 18.2 Å². The lowest BCUT2D eigenvalue weighted by Crippen LogP contribution is -2.38. The van der Waals surface area contributed by atoms with E-state index in [0.29, 0.717) is 6.54 Å². The topological polar surface area (TPSA) is 41.1 Å². The van der Waals surface area contributed by atoms with Crippen LogP contribution in [0, 0.1) is 0 Å². The summed E-state index contributed by atoms with van der Waals surface area (Å²) < 4.78 is 0. The minimum absolute atomic E-state index is 0.0485. The van der Waals surface area contributed by atoms with E-state index in [4.69, 9.17) is 11.6 Å². The lowest BCUT2D eigenvalue weighted by atomic mass is 10.1. The fourth-order valence-electron chi connectivity index (χ4n) is 2.39. The van der Waals surface area contributed by atoms with Gasteiger partial charge in [-0.25, -0.2) is 0 Å². The number of aryl methyl sites for hydroxylation is 1. The summed E-state index contributed by atoms with van der Waals surface area (Å²) in [5, 5.41) is 6.97. The van der Waals surface area contributed by atoms with Crippen molar-refractivity contribution in [1.82, 2.24) is 10.6 Å². The quantitative estimate of drug-likeness (QED) is 0.879. The maximum absolute atomic E-state index is 11.6. The molecule has 1 aliphatic rings. The van der Waals surface area contributed by atoms with Crippen LogP contribution in [0.25, 0.3) is 0 Å². The summed E-state index contributed by atoms with van der Waals surface area (Å²) in [7, 11) is 0. The number of rotatable bonds is 4. The third-order valence-electron chi connectivity index (χ3n) is 3.14. The van der Waals surface area contributed by atoms with Gasteiger partial charge in [-0.15, -0.1) is 0 Å². The van der Waals surface area contributed by atoms with Crippen molar-refractivity contribution in [3.05, 3.63) is 34.3 Å². The molecule has 1 amide bonds. The molecule has 0 saturated heterocycles. The minimum atomic E-state index is 0.0485. The van der Waals surface area contributed by atoms with Crippen LogP contribution in [0.4, 0.5) is 0 Å². The smallest absolute Gasteiger partial charge is 0.234 e. The van der Waals surface area contributed by atoms with Crippen LogP contribution in [0.1, 0.15) is 37.4 Å². The Morgan fingerprint density at radius 1 is 1.50 bits per heavy atom. The second kappa shape index (κ2) is 5.72. The highest BCUT2D eigenvalue weighted by atomic mass is 35.5. The predicted octanol–water partition coefficient (Wildman–Crippen LogP) is 2.44. The monoisotopic (exact) mass is 266 g/mol. The van der Waals surface area contributed by atoms with Gasteiger partial charge in [0, 0.05) is 17.1 Å². The average molecular weight is 267 g/mol. The maximum atomic E-state index is 11.6. The lowest BCUT2D eigenvalue weighted by molar-refractivity contribution is -0.120. The third kappa shape index (κ3) is 3.24. The van der Waals surface area contributed by atoms with Crippen molar-refractivity contribution in [1.29, 1.82) is 0 Å². The van der Waals surface area contributed by atoms with Crippen molar-refractivity contribution in [3.8, 4) is 0 Å². The molecule has 4 heteroatoms. The molecule has 18 heavy (non-hydrogen) atoms. The first kappa shape index (κ1) is 13.4. The average Bonchev–Trinajstić information content (AvgIpc) is 2.67. The summed E-state index contributed by atoms with van der Waals surface area (Å²) in [5.74, 6) is 0.0485. The van der Waals surface area contributed by atoms with E-state index >= 15 is 0 Å². The Morgan fingerprint density at radius 2 is 2.28 bits per heavy atom. The van der Waals surface area contributed by atoms with Gasteiger partial charge in [0.25, 0.3) is 0 Å². The van der Waals surface area contributed by atoms with Crippen LogP contribution in [0.5, 0.6) is 0 Å². The Kier molecular flexibility index (Phi) is 4.25. The van der Waals surface area contributed by atoms with Crippen LogP contribution in [-0.4, -0.2) is 18.5 Å². The summed E-state index contributed by atoms with van der Waals surface area (Å²) in [6, 6.07) is 6.45. The Morgan fingerprint density at radius 3 is 3.00 bits per heavy atom. The minimum Gasteiger partial charge on any atom is -0.353 e. The molecular weight excluding hydrogens is 248 g/mol. The van der Waals surface area contributed by atoms with Crippen LogP contribution >= 0.6 is 11.6 Å². The first-order valence-corrected chi connectivity index (χ1v) is 6.75. The molecule has 0 heterocycles. The van der Waals surface area contributed by atoms with Crippen LogP contribution in [-0.2, 0) is 11.2 Å². The number of hydrogen-bond donors (Lipinski definition) is 2. The third-order valence-corrected chi connectivity index (χ3v) is 3.38. The zero-order valence-electron chi connectivity index (χ0n) is 10.8.